The molecule has 16 heavy (non-hydrogen) atoms. The number of rotatable bonds is 1. The van der Waals surface area contributed by atoms with Gasteiger partial charge in [-0.3, -0.25) is 10.1 Å². The molecule has 0 N–H and O–H groups in total. The zero-order valence-corrected chi connectivity index (χ0v) is 8.21. The van der Waals surface area contributed by atoms with Crippen molar-refractivity contribution in [3.05, 3.63) is 57.3 Å². The molecule has 0 aromatic heterocycles. The average Bonchev–Trinajstić information content (AvgIpc) is 3.01. The van der Waals surface area contributed by atoms with Crippen molar-refractivity contribution in [2.75, 3.05) is 0 Å². The van der Waals surface area contributed by atoms with E-state index in [1.807, 2.05) is 24.3 Å². The smallest absolute Gasteiger partial charge is 0.278 e. The molecule has 0 amide bonds. The van der Waals surface area contributed by atoms with E-state index in [1.165, 1.54) is 5.56 Å². The molecule has 3 aliphatic rings. The van der Waals surface area contributed by atoms with Gasteiger partial charge in [-0.15, -0.1) is 0 Å². The molecule has 78 valence electrons. The molecule has 0 radical (unpaired) electrons. The minimum absolute atomic E-state index is 0.0738. The Labute approximate surface area is 91.0 Å². The van der Waals surface area contributed by atoms with Crippen molar-refractivity contribution >= 4 is 11.1 Å². The van der Waals surface area contributed by atoms with Crippen LogP contribution in [0.4, 0.5) is 0 Å². The van der Waals surface area contributed by atoms with Gasteiger partial charge in [-0.05, 0) is 22.3 Å². The molecule has 1 saturated heterocycles. The van der Waals surface area contributed by atoms with E-state index in [2.05, 4.69) is 0 Å². The fourth-order valence-corrected chi connectivity index (χ4v) is 2.59. The van der Waals surface area contributed by atoms with E-state index in [4.69, 9.17) is 4.74 Å². The summed E-state index contributed by atoms with van der Waals surface area (Å²) in [5, 5.41) is 10.8. The lowest BCUT2D eigenvalue weighted by atomic mass is 9.75. The molecule has 4 nitrogen and oxygen atoms in total. The third-order valence-corrected chi connectivity index (χ3v) is 3.37. The summed E-state index contributed by atoms with van der Waals surface area (Å²) in [5.41, 5.74) is 4.61. The van der Waals surface area contributed by atoms with E-state index in [1.54, 1.807) is 6.08 Å². The summed E-state index contributed by atoms with van der Waals surface area (Å²) < 4.78 is 5.37. The lowest BCUT2D eigenvalue weighted by Crippen LogP contribution is -2.19. The highest BCUT2D eigenvalue weighted by Gasteiger charge is 2.56. The highest BCUT2D eigenvalue weighted by Crippen LogP contribution is 2.54. The molecule has 2 unspecified atom stereocenters. The number of nitrogens with zero attached hydrogens (tertiary/aromatic N) is 1. The fraction of sp³-hybridized carbons (Fsp3) is 0.167. The van der Waals surface area contributed by atoms with Crippen molar-refractivity contribution in [1.29, 1.82) is 0 Å². The zero-order valence-electron chi connectivity index (χ0n) is 8.21. The summed E-state index contributed by atoms with van der Waals surface area (Å²) in [6.07, 6.45) is 1.27. The van der Waals surface area contributed by atoms with Gasteiger partial charge < -0.3 is 4.74 Å². The number of ether oxygens (including phenoxy) is 1. The summed E-state index contributed by atoms with van der Waals surface area (Å²) in [4.78, 5) is 10.5. The molecule has 2 atom stereocenters. The SMILES string of the molecule is O=[N+]([O-])C1=CC2=C(c3ccccc32)C2OC12. The Morgan fingerprint density at radius 3 is 2.69 bits per heavy atom. The highest BCUT2D eigenvalue weighted by atomic mass is 16.6. The third kappa shape index (κ3) is 0.796. The van der Waals surface area contributed by atoms with Crippen LogP contribution >= 0.6 is 0 Å². The monoisotopic (exact) mass is 213 g/mol. The van der Waals surface area contributed by atoms with Crippen molar-refractivity contribution in [2.24, 2.45) is 0 Å². The van der Waals surface area contributed by atoms with Crippen molar-refractivity contribution in [3.8, 4) is 0 Å². The second-order valence-corrected chi connectivity index (χ2v) is 4.18. The first kappa shape index (κ1) is 8.24. The van der Waals surface area contributed by atoms with Crippen LogP contribution in [0.2, 0.25) is 0 Å². The molecule has 1 aromatic carbocycles. The van der Waals surface area contributed by atoms with Crippen LogP contribution in [-0.2, 0) is 4.74 Å². The molecule has 1 aromatic rings. The van der Waals surface area contributed by atoms with E-state index >= 15 is 0 Å². The van der Waals surface area contributed by atoms with Crippen LogP contribution in [0, 0.1) is 10.1 Å². The van der Waals surface area contributed by atoms with Gasteiger partial charge in [-0.25, -0.2) is 0 Å². The van der Waals surface area contributed by atoms with Gasteiger partial charge in [0.25, 0.3) is 5.70 Å². The summed E-state index contributed by atoms with van der Waals surface area (Å²) >= 11 is 0. The molecule has 1 heterocycles. The second kappa shape index (κ2) is 2.41. The Bertz CT molecular complexity index is 600. The Kier molecular flexibility index (Phi) is 1.24. The molecule has 0 spiro atoms. The van der Waals surface area contributed by atoms with Gasteiger partial charge in [0.2, 0.25) is 0 Å². The normalized spacial score (nSPS) is 28.4. The number of benzene rings is 1. The van der Waals surface area contributed by atoms with Crippen molar-refractivity contribution in [1.82, 2.24) is 0 Å². The molecular formula is C12H7NO3. The maximum atomic E-state index is 10.8. The van der Waals surface area contributed by atoms with Crippen LogP contribution in [0.25, 0.3) is 11.1 Å². The lowest BCUT2D eigenvalue weighted by Gasteiger charge is -2.26. The van der Waals surface area contributed by atoms with Crippen molar-refractivity contribution in [2.45, 2.75) is 12.2 Å². The van der Waals surface area contributed by atoms with Gasteiger partial charge in [0, 0.05) is 6.08 Å². The molecule has 4 heteroatoms. The minimum atomic E-state index is -0.338. The second-order valence-electron chi connectivity index (χ2n) is 4.18. The van der Waals surface area contributed by atoms with E-state index < -0.39 is 0 Å². The van der Waals surface area contributed by atoms with Gasteiger partial charge >= 0.3 is 0 Å². The molecule has 0 saturated carbocycles. The van der Waals surface area contributed by atoms with Gasteiger partial charge in [-0.2, -0.15) is 0 Å². The zero-order chi connectivity index (χ0) is 10.9. The van der Waals surface area contributed by atoms with Gasteiger partial charge in [0.1, 0.15) is 6.10 Å². The van der Waals surface area contributed by atoms with Crippen LogP contribution in [0.3, 0.4) is 0 Å². The number of hydrogen-bond acceptors (Lipinski definition) is 3. The first-order chi connectivity index (χ1) is 7.77. The molecule has 2 aliphatic carbocycles. The lowest BCUT2D eigenvalue weighted by molar-refractivity contribution is -0.429. The predicted molar refractivity (Wildman–Crippen MR) is 57.0 cm³/mol. The molecule has 1 aliphatic heterocycles. The topological polar surface area (TPSA) is 55.7 Å². The maximum absolute atomic E-state index is 10.8. The summed E-state index contributed by atoms with van der Waals surface area (Å²) in [5.74, 6) is 0. The Balaban J connectivity index is 1.90. The number of nitro groups is 1. The Hall–Kier alpha value is -1.94. The van der Waals surface area contributed by atoms with E-state index in [9.17, 15) is 10.1 Å². The quantitative estimate of drug-likeness (QED) is 0.406. The van der Waals surface area contributed by atoms with Gasteiger partial charge in [-0.1, -0.05) is 24.3 Å². The van der Waals surface area contributed by atoms with Crippen LogP contribution in [0.5, 0.6) is 0 Å². The molecule has 4 rings (SSSR count). The number of epoxide rings is 1. The predicted octanol–water partition coefficient (Wildman–Crippen LogP) is 1.85. The minimum Gasteiger partial charge on any atom is -0.352 e. The fourth-order valence-electron chi connectivity index (χ4n) is 2.59. The Morgan fingerprint density at radius 2 is 1.94 bits per heavy atom. The van der Waals surface area contributed by atoms with Crippen molar-refractivity contribution < 1.29 is 9.66 Å². The standard InChI is InChI=1S/C12H7NO3/c14-13(15)9-5-8-6-3-1-2-4-7(6)10(8)12-11(9)16-12/h1-5,11-12H. The van der Waals surface area contributed by atoms with Gasteiger partial charge in [0.15, 0.2) is 6.10 Å². The largest absolute Gasteiger partial charge is 0.352 e. The van der Waals surface area contributed by atoms with Crippen LogP contribution < -0.4 is 0 Å². The number of fused-ring (bicyclic) bond motifs is 5. The average molecular weight is 213 g/mol. The molecule has 1 fully saturated rings. The van der Waals surface area contributed by atoms with E-state index in [0.717, 1.165) is 16.7 Å². The number of hydrogen-bond donors (Lipinski definition) is 0. The van der Waals surface area contributed by atoms with Gasteiger partial charge in [0.05, 0.1) is 4.92 Å². The highest BCUT2D eigenvalue weighted by molar-refractivity contribution is 6.11. The first-order valence-corrected chi connectivity index (χ1v) is 5.13. The van der Waals surface area contributed by atoms with Crippen LogP contribution in [0.1, 0.15) is 11.1 Å². The van der Waals surface area contributed by atoms with Crippen LogP contribution in [0.15, 0.2) is 36.0 Å². The van der Waals surface area contributed by atoms with Crippen molar-refractivity contribution in [3.63, 3.8) is 0 Å². The van der Waals surface area contributed by atoms with E-state index in [-0.39, 0.29) is 22.8 Å². The van der Waals surface area contributed by atoms with E-state index in [0.29, 0.717) is 0 Å². The third-order valence-electron chi connectivity index (χ3n) is 3.37. The maximum Gasteiger partial charge on any atom is 0.278 e. The number of allylic oxidation sites excluding steroid dienone is 2. The summed E-state index contributed by atoms with van der Waals surface area (Å²) in [6, 6.07) is 7.96. The molecule has 0 bridgehead atoms. The summed E-state index contributed by atoms with van der Waals surface area (Å²) in [6.45, 7) is 0. The molecular weight excluding hydrogens is 206 g/mol. The first-order valence-electron chi connectivity index (χ1n) is 5.13. The van der Waals surface area contributed by atoms with Crippen LogP contribution in [-0.4, -0.2) is 17.1 Å². The summed E-state index contributed by atoms with van der Waals surface area (Å²) in [7, 11) is 0. The Morgan fingerprint density at radius 1 is 1.19 bits per heavy atom.